The van der Waals surface area contributed by atoms with Gasteiger partial charge in [0, 0.05) is 24.7 Å². The molecule has 3 atom stereocenters. The lowest BCUT2D eigenvalue weighted by atomic mass is 9.93. The third-order valence-corrected chi connectivity index (χ3v) is 5.92. The normalized spacial score (nSPS) is 24.5. The smallest absolute Gasteiger partial charge is 0.326 e. The van der Waals surface area contributed by atoms with Gasteiger partial charge in [0.15, 0.2) is 0 Å². The first-order chi connectivity index (χ1) is 13.3. The van der Waals surface area contributed by atoms with E-state index in [0.717, 1.165) is 25.3 Å². The Morgan fingerprint density at radius 1 is 1.18 bits per heavy atom. The number of hydrogen-bond donors (Lipinski definition) is 1. The summed E-state index contributed by atoms with van der Waals surface area (Å²) in [6.07, 6.45) is -1.91. The van der Waals surface area contributed by atoms with Gasteiger partial charge < -0.3 is 5.73 Å². The lowest BCUT2D eigenvalue weighted by Gasteiger charge is -2.25. The summed E-state index contributed by atoms with van der Waals surface area (Å²) in [4.78, 5) is 2.08. The Labute approximate surface area is 160 Å². The van der Waals surface area contributed by atoms with Gasteiger partial charge in [0.1, 0.15) is 11.9 Å². The molecule has 0 amide bonds. The number of halogens is 4. The molecule has 7 heteroatoms. The van der Waals surface area contributed by atoms with Crippen LogP contribution in [0.3, 0.4) is 0 Å². The SMILES string of the molecule is N#Cc1ccc(-c2cccc(CN3[C@H]4CC[C@@H]3C(N)C4)c2C(F)(F)F)cc1F. The Bertz CT molecular complexity index is 948. The van der Waals surface area contributed by atoms with Crippen molar-refractivity contribution in [3.8, 4) is 17.2 Å². The second-order valence-electron chi connectivity index (χ2n) is 7.51. The van der Waals surface area contributed by atoms with Crippen molar-refractivity contribution >= 4 is 0 Å². The summed E-state index contributed by atoms with van der Waals surface area (Å²) in [5.74, 6) is -0.831. The molecule has 4 rings (SSSR count). The molecule has 2 aromatic carbocycles. The van der Waals surface area contributed by atoms with Gasteiger partial charge in [0.25, 0.3) is 0 Å². The fourth-order valence-corrected chi connectivity index (χ4v) is 4.67. The Balaban J connectivity index is 1.78. The van der Waals surface area contributed by atoms with Crippen molar-refractivity contribution < 1.29 is 17.6 Å². The van der Waals surface area contributed by atoms with E-state index >= 15 is 0 Å². The van der Waals surface area contributed by atoms with Gasteiger partial charge >= 0.3 is 6.18 Å². The predicted molar refractivity (Wildman–Crippen MR) is 96.5 cm³/mol. The summed E-state index contributed by atoms with van der Waals surface area (Å²) in [7, 11) is 0. The Hall–Kier alpha value is -2.43. The Kier molecular flexibility index (Phi) is 4.64. The first kappa shape index (κ1) is 18.9. The van der Waals surface area contributed by atoms with Gasteiger partial charge in [-0.3, -0.25) is 4.90 Å². The van der Waals surface area contributed by atoms with Gasteiger partial charge in [-0.05, 0) is 48.1 Å². The fourth-order valence-electron chi connectivity index (χ4n) is 4.67. The second-order valence-corrected chi connectivity index (χ2v) is 7.51. The van der Waals surface area contributed by atoms with Crippen molar-refractivity contribution in [1.29, 1.82) is 5.26 Å². The van der Waals surface area contributed by atoms with Crippen LogP contribution in [-0.4, -0.2) is 23.0 Å². The quantitative estimate of drug-likeness (QED) is 0.790. The zero-order chi connectivity index (χ0) is 20.1. The zero-order valence-electron chi connectivity index (χ0n) is 15.0. The molecule has 3 nitrogen and oxygen atoms in total. The molecule has 0 aliphatic carbocycles. The van der Waals surface area contributed by atoms with Crippen molar-refractivity contribution in [2.24, 2.45) is 5.73 Å². The predicted octanol–water partition coefficient (Wildman–Crippen LogP) is 4.45. The molecule has 0 saturated carbocycles. The minimum atomic E-state index is -4.59. The maximum absolute atomic E-state index is 14.0. The minimum Gasteiger partial charge on any atom is -0.326 e. The molecule has 2 saturated heterocycles. The highest BCUT2D eigenvalue weighted by molar-refractivity contribution is 5.70. The van der Waals surface area contributed by atoms with Crippen LogP contribution in [0.5, 0.6) is 0 Å². The van der Waals surface area contributed by atoms with Crippen LogP contribution < -0.4 is 5.73 Å². The lowest BCUT2D eigenvalue weighted by Crippen LogP contribution is -2.36. The van der Waals surface area contributed by atoms with Crippen LogP contribution in [0.2, 0.25) is 0 Å². The minimum absolute atomic E-state index is 0.00360. The topological polar surface area (TPSA) is 53.0 Å². The van der Waals surface area contributed by atoms with Crippen LogP contribution in [0.15, 0.2) is 36.4 Å². The molecule has 28 heavy (non-hydrogen) atoms. The highest BCUT2D eigenvalue weighted by atomic mass is 19.4. The molecule has 2 bridgehead atoms. The third kappa shape index (κ3) is 3.17. The first-order valence-electron chi connectivity index (χ1n) is 9.20. The van der Waals surface area contributed by atoms with Gasteiger partial charge in [-0.2, -0.15) is 18.4 Å². The van der Waals surface area contributed by atoms with E-state index in [1.165, 1.54) is 24.3 Å². The molecule has 2 aliphatic rings. The molecule has 2 N–H and O–H groups in total. The number of benzene rings is 2. The molecular formula is C21H19F4N3. The van der Waals surface area contributed by atoms with E-state index in [1.54, 1.807) is 12.1 Å². The van der Waals surface area contributed by atoms with Crippen LogP contribution in [0.1, 0.15) is 36.0 Å². The van der Waals surface area contributed by atoms with Crippen molar-refractivity contribution in [3.05, 3.63) is 58.9 Å². The number of fused-ring (bicyclic) bond motifs is 2. The molecular weight excluding hydrogens is 370 g/mol. The first-order valence-corrected chi connectivity index (χ1v) is 9.20. The summed E-state index contributed by atoms with van der Waals surface area (Å²) in [6, 6.07) is 9.96. The maximum atomic E-state index is 14.0. The number of hydrogen-bond acceptors (Lipinski definition) is 3. The molecule has 0 radical (unpaired) electrons. The highest BCUT2D eigenvalue weighted by Crippen LogP contribution is 2.43. The van der Waals surface area contributed by atoms with E-state index in [2.05, 4.69) is 4.90 Å². The molecule has 0 spiro atoms. The van der Waals surface area contributed by atoms with Gasteiger partial charge in [0.2, 0.25) is 0 Å². The van der Waals surface area contributed by atoms with Crippen LogP contribution in [0.25, 0.3) is 11.1 Å². The van der Waals surface area contributed by atoms with Crippen LogP contribution in [-0.2, 0) is 12.7 Å². The van der Waals surface area contributed by atoms with Crippen LogP contribution in [0.4, 0.5) is 17.6 Å². The molecule has 2 aromatic rings. The molecule has 0 aromatic heterocycles. The van der Waals surface area contributed by atoms with Gasteiger partial charge in [0.05, 0.1) is 11.1 Å². The van der Waals surface area contributed by atoms with Gasteiger partial charge in [-0.25, -0.2) is 4.39 Å². The number of nitrogens with two attached hydrogens (primary N) is 1. The lowest BCUT2D eigenvalue weighted by molar-refractivity contribution is -0.138. The van der Waals surface area contributed by atoms with E-state index in [0.29, 0.717) is 0 Å². The molecule has 146 valence electrons. The number of rotatable bonds is 3. The summed E-state index contributed by atoms with van der Waals surface area (Å²) < 4.78 is 56.1. The fraction of sp³-hybridized carbons (Fsp3) is 0.381. The van der Waals surface area contributed by atoms with E-state index < -0.39 is 17.6 Å². The van der Waals surface area contributed by atoms with Crippen LogP contribution >= 0.6 is 0 Å². The number of nitrogens with zero attached hydrogens (tertiary/aromatic N) is 2. The standard InChI is InChI=1S/C21H19F4N3/c22-17-8-12(4-5-13(17)10-26)16-3-1-2-14(20(16)21(23,24)25)11-28-15-6-7-19(28)18(27)9-15/h1-5,8,15,18-19H,6-7,9,11,27H2/t15-,18?,19+/m0/s1. The largest absolute Gasteiger partial charge is 0.417 e. The van der Waals surface area contributed by atoms with E-state index in [9.17, 15) is 17.6 Å². The summed E-state index contributed by atoms with van der Waals surface area (Å²) in [6.45, 7) is 0.171. The molecule has 2 fully saturated rings. The number of nitriles is 1. The van der Waals surface area contributed by atoms with Gasteiger partial charge in [-0.15, -0.1) is 0 Å². The van der Waals surface area contributed by atoms with E-state index in [4.69, 9.17) is 11.0 Å². The van der Waals surface area contributed by atoms with Gasteiger partial charge in [-0.1, -0.05) is 24.3 Å². The third-order valence-electron chi connectivity index (χ3n) is 5.92. The van der Waals surface area contributed by atoms with Crippen LogP contribution in [0, 0.1) is 17.1 Å². The average molecular weight is 389 g/mol. The summed E-state index contributed by atoms with van der Waals surface area (Å²) in [5.41, 5.74) is 5.36. The molecule has 1 unspecified atom stereocenters. The van der Waals surface area contributed by atoms with Crippen molar-refractivity contribution in [2.75, 3.05) is 0 Å². The Morgan fingerprint density at radius 2 is 1.96 bits per heavy atom. The molecule has 2 aliphatic heterocycles. The van der Waals surface area contributed by atoms with E-state index in [-0.39, 0.29) is 46.9 Å². The zero-order valence-corrected chi connectivity index (χ0v) is 15.0. The average Bonchev–Trinajstić information content (AvgIpc) is 3.16. The highest BCUT2D eigenvalue weighted by Gasteiger charge is 2.45. The summed E-state index contributed by atoms with van der Waals surface area (Å²) >= 11 is 0. The molecule has 2 heterocycles. The maximum Gasteiger partial charge on any atom is 0.417 e. The second kappa shape index (κ2) is 6.87. The Morgan fingerprint density at radius 3 is 2.54 bits per heavy atom. The summed E-state index contributed by atoms with van der Waals surface area (Å²) in [5, 5.41) is 8.86. The monoisotopic (exact) mass is 389 g/mol. The van der Waals surface area contributed by atoms with Crippen molar-refractivity contribution in [3.63, 3.8) is 0 Å². The van der Waals surface area contributed by atoms with Crippen molar-refractivity contribution in [2.45, 2.75) is 50.1 Å². The number of alkyl halides is 3. The van der Waals surface area contributed by atoms with Crippen molar-refractivity contribution in [1.82, 2.24) is 4.90 Å². The van der Waals surface area contributed by atoms with E-state index in [1.807, 2.05) is 0 Å².